The Hall–Kier alpha value is -6.38. The lowest BCUT2D eigenvalue weighted by atomic mass is 9.82. The Morgan fingerprint density at radius 3 is 1.69 bits per heavy atom. The van der Waals surface area contributed by atoms with E-state index in [0.717, 1.165) is 49.8 Å². The highest BCUT2D eigenvalue weighted by Crippen LogP contribution is 2.52. The first-order valence-electron chi connectivity index (χ1n) is 17.7. The summed E-state index contributed by atoms with van der Waals surface area (Å²) in [5, 5.41) is 8.21. The van der Waals surface area contributed by atoms with Gasteiger partial charge in [-0.2, -0.15) is 0 Å². The molecule has 0 unspecified atom stereocenters. The van der Waals surface area contributed by atoms with Crippen molar-refractivity contribution in [1.29, 1.82) is 0 Å². The molecule has 0 saturated carbocycles. The quantitative estimate of drug-likeness (QED) is 0.178. The number of fused-ring (bicyclic) bond motifs is 9. The number of rotatable bonds is 3. The van der Waals surface area contributed by atoms with Crippen molar-refractivity contribution >= 4 is 54.5 Å². The molecule has 11 rings (SSSR count). The van der Waals surface area contributed by atoms with Crippen molar-refractivity contribution in [2.24, 2.45) is 0 Å². The topological polar surface area (TPSA) is 26.3 Å². The number of hydrogen-bond acceptors (Lipinski definition) is 2. The van der Waals surface area contributed by atoms with Crippen molar-refractivity contribution in [3.8, 4) is 44.7 Å². The minimum atomic E-state index is -0.0789. The SMILES string of the molecule is CC1(C)c2ccccc2-c2cc3c(cc21)oc1ccc(-c2c4ccccc4c(-c4c(-c5ccccc5)oc5ccccc45)c4ccccc24)cc13. The Kier molecular flexibility index (Phi) is 5.76. The molecule has 0 radical (unpaired) electrons. The minimum absolute atomic E-state index is 0.0789. The third-order valence-electron chi connectivity index (χ3n) is 11.3. The molecule has 1 aliphatic rings. The minimum Gasteiger partial charge on any atom is -0.456 e. The summed E-state index contributed by atoms with van der Waals surface area (Å²) in [4.78, 5) is 0. The molecule has 0 fully saturated rings. The van der Waals surface area contributed by atoms with Gasteiger partial charge in [-0.15, -0.1) is 0 Å². The Morgan fingerprint density at radius 1 is 0.353 bits per heavy atom. The zero-order valence-corrected chi connectivity index (χ0v) is 28.3. The predicted octanol–water partition coefficient (Wildman–Crippen LogP) is 13.9. The molecule has 2 aromatic heterocycles. The van der Waals surface area contributed by atoms with Crippen LogP contribution in [0.25, 0.3) is 99.2 Å². The fraction of sp³-hybridized carbons (Fsp3) is 0.0612. The van der Waals surface area contributed by atoms with E-state index in [4.69, 9.17) is 8.83 Å². The molecule has 240 valence electrons. The number of benzene rings is 8. The van der Waals surface area contributed by atoms with E-state index in [-0.39, 0.29) is 5.41 Å². The van der Waals surface area contributed by atoms with Crippen LogP contribution in [0.1, 0.15) is 25.0 Å². The number of hydrogen-bond donors (Lipinski definition) is 0. The van der Waals surface area contributed by atoms with E-state index in [9.17, 15) is 0 Å². The van der Waals surface area contributed by atoms with Crippen molar-refractivity contribution in [3.63, 3.8) is 0 Å². The van der Waals surface area contributed by atoms with Gasteiger partial charge in [-0.05, 0) is 85.3 Å². The van der Waals surface area contributed by atoms with Crippen molar-refractivity contribution < 1.29 is 8.83 Å². The van der Waals surface area contributed by atoms with Gasteiger partial charge in [-0.3, -0.25) is 0 Å². The number of para-hydroxylation sites is 1. The molecule has 51 heavy (non-hydrogen) atoms. The Morgan fingerprint density at radius 2 is 0.941 bits per heavy atom. The first kappa shape index (κ1) is 28.5. The van der Waals surface area contributed by atoms with Crippen LogP contribution in [0.3, 0.4) is 0 Å². The Balaban J connectivity index is 1.20. The molecule has 2 heterocycles. The molecule has 0 N–H and O–H groups in total. The summed E-state index contributed by atoms with van der Waals surface area (Å²) in [5.41, 5.74) is 13.8. The molecule has 8 aromatic carbocycles. The van der Waals surface area contributed by atoms with Gasteiger partial charge in [0.15, 0.2) is 0 Å². The molecule has 10 aromatic rings. The monoisotopic (exact) mass is 652 g/mol. The summed E-state index contributed by atoms with van der Waals surface area (Å²) in [6.45, 7) is 4.64. The van der Waals surface area contributed by atoms with Crippen LogP contribution in [0.15, 0.2) is 167 Å². The summed E-state index contributed by atoms with van der Waals surface area (Å²) < 4.78 is 13.3. The molecule has 0 spiro atoms. The van der Waals surface area contributed by atoms with E-state index in [0.29, 0.717) is 0 Å². The van der Waals surface area contributed by atoms with Gasteiger partial charge in [-0.1, -0.05) is 141 Å². The summed E-state index contributed by atoms with van der Waals surface area (Å²) in [6, 6.07) is 56.8. The van der Waals surface area contributed by atoms with Gasteiger partial charge in [0.1, 0.15) is 22.5 Å². The van der Waals surface area contributed by atoms with Crippen LogP contribution >= 0.6 is 0 Å². The standard InChI is InChI=1S/C49H32O2/c1-49(2)40-22-12-10-16-31(40)37-27-39-38-26-30(24-25-43(38)50-44(39)28-41(37)49)45-32-17-6-8-19-34(32)46(35-20-9-7-18-33(35)45)47-36-21-11-13-23-42(36)51-48(47)29-14-4-3-5-15-29/h3-28H,1-2H3. The van der Waals surface area contributed by atoms with Gasteiger partial charge < -0.3 is 8.83 Å². The maximum Gasteiger partial charge on any atom is 0.143 e. The summed E-state index contributed by atoms with van der Waals surface area (Å²) in [5.74, 6) is 0.892. The second kappa shape index (κ2) is 10.3. The van der Waals surface area contributed by atoms with Crippen molar-refractivity contribution in [1.82, 2.24) is 0 Å². The Bertz CT molecular complexity index is 2990. The zero-order chi connectivity index (χ0) is 33.8. The molecular formula is C49H32O2. The van der Waals surface area contributed by atoms with Gasteiger partial charge in [0.05, 0.1) is 0 Å². The average molecular weight is 653 g/mol. The number of furan rings is 2. The van der Waals surface area contributed by atoms with Gasteiger partial charge in [0, 0.05) is 38.3 Å². The molecule has 0 amide bonds. The maximum atomic E-state index is 6.69. The molecule has 1 aliphatic carbocycles. The third kappa shape index (κ3) is 3.93. The zero-order valence-electron chi connectivity index (χ0n) is 28.3. The smallest absolute Gasteiger partial charge is 0.143 e. The van der Waals surface area contributed by atoms with E-state index < -0.39 is 0 Å². The van der Waals surface area contributed by atoms with Crippen molar-refractivity contribution in [3.05, 3.63) is 169 Å². The fourth-order valence-electron chi connectivity index (χ4n) is 8.92. The molecular weight excluding hydrogens is 621 g/mol. The normalized spacial score (nSPS) is 13.5. The molecule has 2 nitrogen and oxygen atoms in total. The van der Waals surface area contributed by atoms with Crippen LogP contribution in [0.5, 0.6) is 0 Å². The molecule has 2 heteroatoms. The lowest BCUT2D eigenvalue weighted by molar-refractivity contribution is 0.632. The van der Waals surface area contributed by atoms with E-state index in [1.54, 1.807) is 0 Å². The fourth-order valence-corrected chi connectivity index (χ4v) is 8.92. The molecule has 0 atom stereocenters. The lowest BCUT2D eigenvalue weighted by Gasteiger charge is -2.21. The van der Waals surface area contributed by atoms with Crippen LogP contribution in [0, 0.1) is 0 Å². The van der Waals surface area contributed by atoms with Crippen molar-refractivity contribution in [2.75, 3.05) is 0 Å². The van der Waals surface area contributed by atoms with Crippen molar-refractivity contribution in [2.45, 2.75) is 19.3 Å². The largest absolute Gasteiger partial charge is 0.456 e. The summed E-state index contributed by atoms with van der Waals surface area (Å²) in [6.07, 6.45) is 0. The predicted molar refractivity (Wildman–Crippen MR) is 212 cm³/mol. The van der Waals surface area contributed by atoms with Crippen LogP contribution in [-0.4, -0.2) is 0 Å². The summed E-state index contributed by atoms with van der Waals surface area (Å²) in [7, 11) is 0. The first-order chi connectivity index (χ1) is 25.1. The second-order valence-corrected chi connectivity index (χ2v) is 14.4. The highest BCUT2D eigenvalue weighted by atomic mass is 16.3. The van der Waals surface area contributed by atoms with Crippen LogP contribution in [-0.2, 0) is 5.41 Å². The Labute approximate surface area is 295 Å². The molecule has 0 saturated heterocycles. The first-order valence-corrected chi connectivity index (χ1v) is 17.7. The van der Waals surface area contributed by atoms with Gasteiger partial charge in [-0.25, -0.2) is 0 Å². The van der Waals surface area contributed by atoms with Crippen LogP contribution < -0.4 is 0 Å². The average Bonchev–Trinajstić information content (AvgIpc) is 3.81. The highest BCUT2D eigenvalue weighted by molar-refractivity contribution is 6.25. The van der Waals surface area contributed by atoms with Crippen LogP contribution in [0.4, 0.5) is 0 Å². The lowest BCUT2D eigenvalue weighted by Crippen LogP contribution is -2.14. The maximum absolute atomic E-state index is 6.69. The molecule has 0 aliphatic heterocycles. The van der Waals surface area contributed by atoms with Gasteiger partial charge >= 0.3 is 0 Å². The summed E-state index contributed by atoms with van der Waals surface area (Å²) >= 11 is 0. The van der Waals surface area contributed by atoms with E-state index in [1.165, 1.54) is 60.5 Å². The molecule has 0 bridgehead atoms. The van der Waals surface area contributed by atoms with Gasteiger partial charge in [0.2, 0.25) is 0 Å². The highest BCUT2D eigenvalue weighted by Gasteiger charge is 2.36. The van der Waals surface area contributed by atoms with E-state index in [1.807, 2.05) is 6.07 Å². The third-order valence-corrected chi connectivity index (χ3v) is 11.3. The van der Waals surface area contributed by atoms with Gasteiger partial charge in [0.25, 0.3) is 0 Å². The van der Waals surface area contributed by atoms with E-state index in [2.05, 4.69) is 166 Å². The van der Waals surface area contributed by atoms with E-state index >= 15 is 0 Å². The van der Waals surface area contributed by atoms with Crippen LogP contribution in [0.2, 0.25) is 0 Å². The second-order valence-electron chi connectivity index (χ2n) is 14.4.